The molecule has 1 amide bonds. The third kappa shape index (κ3) is 5.45. The number of hydrogen-bond acceptors (Lipinski definition) is 5. The molecule has 10 heteroatoms. The number of carbonyl (C=O) groups excluding carboxylic acids is 2. The topological polar surface area (TPSA) is 91.9 Å². The first kappa shape index (κ1) is 18.7. The number of thioether (sulfide) groups is 1. The highest BCUT2D eigenvalue weighted by Gasteiger charge is 2.33. The molecular weight excluding hydrogens is 359 g/mol. The molecule has 0 atom stereocenters. The number of benzene rings is 1. The lowest BCUT2D eigenvalue weighted by Gasteiger charge is -2.08. The van der Waals surface area contributed by atoms with Crippen LogP contribution in [0.4, 0.5) is 18.9 Å². The maximum Gasteiger partial charge on any atom is 0.433 e. The van der Waals surface area contributed by atoms with Crippen LogP contribution in [0.25, 0.3) is 0 Å². The lowest BCUT2D eigenvalue weighted by atomic mass is 10.1. The van der Waals surface area contributed by atoms with E-state index >= 15 is 0 Å². The highest BCUT2D eigenvalue weighted by Crippen LogP contribution is 2.27. The van der Waals surface area contributed by atoms with Gasteiger partial charge in [-0.3, -0.25) is 14.4 Å². The molecule has 1 aromatic heterocycles. The first-order chi connectivity index (χ1) is 11.6. The number of aromatic nitrogens is 2. The number of ketones is 1. The van der Waals surface area contributed by atoms with Crippen LogP contribution in [0.1, 0.15) is 23.0 Å². The van der Waals surface area contributed by atoms with E-state index in [2.05, 4.69) is 15.3 Å². The maximum absolute atomic E-state index is 12.6. The summed E-state index contributed by atoms with van der Waals surface area (Å²) in [5, 5.41) is 2.22. The van der Waals surface area contributed by atoms with Crippen molar-refractivity contribution in [3.8, 4) is 0 Å². The van der Waals surface area contributed by atoms with Gasteiger partial charge in [-0.05, 0) is 31.2 Å². The van der Waals surface area contributed by atoms with Crippen molar-refractivity contribution in [1.29, 1.82) is 0 Å². The number of aromatic amines is 1. The summed E-state index contributed by atoms with van der Waals surface area (Å²) in [6.45, 7) is 1.41. The smallest absolute Gasteiger partial charge is 0.325 e. The van der Waals surface area contributed by atoms with Gasteiger partial charge in [0.1, 0.15) is 0 Å². The largest absolute Gasteiger partial charge is 0.433 e. The second-order valence-corrected chi connectivity index (χ2v) is 5.87. The Labute approximate surface area is 143 Å². The van der Waals surface area contributed by atoms with Crippen LogP contribution in [0, 0.1) is 0 Å². The first-order valence-electron chi connectivity index (χ1n) is 6.87. The Morgan fingerprint density at radius 2 is 1.88 bits per heavy atom. The fourth-order valence-corrected chi connectivity index (χ4v) is 2.44. The molecule has 25 heavy (non-hydrogen) atoms. The minimum absolute atomic E-state index is 0.118. The van der Waals surface area contributed by atoms with Gasteiger partial charge in [0.15, 0.2) is 16.6 Å². The second kappa shape index (κ2) is 7.51. The van der Waals surface area contributed by atoms with Gasteiger partial charge in [0.25, 0.3) is 5.56 Å². The van der Waals surface area contributed by atoms with Crippen molar-refractivity contribution in [2.45, 2.75) is 18.3 Å². The number of anilines is 1. The monoisotopic (exact) mass is 371 g/mol. The van der Waals surface area contributed by atoms with Crippen LogP contribution in [0.3, 0.4) is 0 Å². The van der Waals surface area contributed by atoms with Gasteiger partial charge in [-0.2, -0.15) is 13.2 Å². The lowest BCUT2D eigenvalue weighted by Crippen LogP contribution is -2.18. The van der Waals surface area contributed by atoms with E-state index in [9.17, 15) is 27.6 Å². The van der Waals surface area contributed by atoms with Gasteiger partial charge in [-0.25, -0.2) is 4.98 Å². The van der Waals surface area contributed by atoms with E-state index in [4.69, 9.17) is 0 Å². The Morgan fingerprint density at radius 3 is 2.44 bits per heavy atom. The predicted octanol–water partition coefficient (Wildman–Crippen LogP) is 2.72. The second-order valence-electron chi connectivity index (χ2n) is 4.90. The molecule has 6 nitrogen and oxygen atoms in total. The van der Waals surface area contributed by atoms with E-state index in [0.717, 1.165) is 0 Å². The number of nitrogens with zero attached hydrogens (tertiary/aromatic N) is 1. The predicted molar refractivity (Wildman–Crippen MR) is 85.7 cm³/mol. The number of H-pyrrole nitrogens is 1. The molecule has 1 heterocycles. The minimum Gasteiger partial charge on any atom is -0.325 e. The van der Waals surface area contributed by atoms with E-state index in [1.54, 1.807) is 0 Å². The van der Waals surface area contributed by atoms with Gasteiger partial charge in [0, 0.05) is 17.3 Å². The summed E-state index contributed by atoms with van der Waals surface area (Å²) < 4.78 is 37.8. The standard InChI is InChI=1S/C15H12F3N3O3S/c1-8(22)9-2-4-10(5-3-9)19-13(24)7-25-14-20-11(15(16,17)18)6-12(23)21-14/h2-6H,7H2,1H3,(H,19,24)(H,20,21,23). The van der Waals surface area contributed by atoms with E-state index in [-0.39, 0.29) is 16.7 Å². The highest BCUT2D eigenvalue weighted by molar-refractivity contribution is 7.99. The van der Waals surface area contributed by atoms with Crippen LogP contribution in [-0.4, -0.2) is 27.4 Å². The van der Waals surface area contributed by atoms with Crippen molar-refractivity contribution >= 4 is 29.1 Å². The molecule has 0 saturated carbocycles. The summed E-state index contributed by atoms with van der Waals surface area (Å²) in [4.78, 5) is 39.6. The summed E-state index contributed by atoms with van der Waals surface area (Å²) in [7, 11) is 0. The number of hydrogen-bond donors (Lipinski definition) is 2. The zero-order chi connectivity index (χ0) is 18.6. The number of amides is 1. The number of alkyl halides is 3. The first-order valence-corrected chi connectivity index (χ1v) is 7.86. The molecule has 2 N–H and O–H groups in total. The lowest BCUT2D eigenvalue weighted by molar-refractivity contribution is -0.141. The minimum atomic E-state index is -4.75. The molecular formula is C15H12F3N3O3S. The van der Waals surface area contributed by atoms with Crippen molar-refractivity contribution in [3.05, 3.63) is 51.9 Å². The van der Waals surface area contributed by atoms with Gasteiger partial charge in [-0.1, -0.05) is 11.8 Å². The number of carbonyl (C=O) groups is 2. The molecule has 0 bridgehead atoms. The Hall–Kier alpha value is -2.62. The number of Topliss-reactive ketones (excluding diaryl/α,β-unsaturated/α-hetero) is 1. The summed E-state index contributed by atoms with van der Waals surface area (Å²) in [6.07, 6.45) is -4.75. The number of nitrogens with one attached hydrogen (secondary N) is 2. The molecule has 132 valence electrons. The molecule has 0 radical (unpaired) electrons. The summed E-state index contributed by atoms with van der Waals surface area (Å²) >= 11 is 0.667. The third-order valence-corrected chi connectivity index (χ3v) is 3.80. The molecule has 0 saturated heterocycles. The maximum atomic E-state index is 12.6. The SMILES string of the molecule is CC(=O)c1ccc(NC(=O)CSc2nc(C(F)(F)F)cc(=O)[nH]2)cc1. The van der Waals surface area contributed by atoms with Crippen LogP contribution in [0.2, 0.25) is 0 Å². The summed E-state index contributed by atoms with van der Waals surface area (Å²) in [6, 6.07) is 6.49. The highest BCUT2D eigenvalue weighted by atomic mass is 32.2. The van der Waals surface area contributed by atoms with Crippen molar-refractivity contribution in [1.82, 2.24) is 9.97 Å². The fraction of sp³-hybridized carbons (Fsp3) is 0.200. The van der Waals surface area contributed by atoms with Crippen LogP contribution < -0.4 is 10.9 Å². The Morgan fingerprint density at radius 1 is 1.24 bits per heavy atom. The molecule has 0 spiro atoms. The molecule has 2 aromatic rings. The molecule has 2 rings (SSSR count). The number of rotatable bonds is 5. The Kier molecular flexibility index (Phi) is 5.62. The fourth-order valence-electron chi connectivity index (χ4n) is 1.77. The van der Waals surface area contributed by atoms with E-state index in [0.29, 0.717) is 29.1 Å². The average Bonchev–Trinajstić information content (AvgIpc) is 2.52. The van der Waals surface area contributed by atoms with Crippen molar-refractivity contribution in [3.63, 3.8) is 0 Å². The molecule has 0 aliphatic heterocycles. The Balaban J connectivity index is 1.99. The van der Waals surface area contributed by atoms with Crippen molar-refractivity contribution in [2.24, 2.45) is 0 Å². The van der Waals surface area contributed by atoms with Crippen LogP contribution in [0.15, 0.2) is 40.3 Å². The quantitative estimate of drug-likeness (QED) is 0.479. The van der Waals surface area contributed by atoms with E-state index in [1.807, 2.05) is 0 Å². The van der Waals surface area contributed by atoms with Gasteiger partial charge >= 0.3 is 6.18 Å². The van der Waals surface area contributed by atoms with Crippen LogP contribution in [0.5, 0.6) is 0 Å². The average molecular weight is 371 g/mol. The summed E-state index contributed by atoms with van der Waals surface area (Å²) in [5.74, 6) is -0.868. The Bertz CT molecular complexity index is 848. The zero-order valence-electron chi connectivity index (χ0n) is 12.8. The molecule has 1 aromatic carbocycles. The van der Waals surface area contributed by atoms with Crippen molar-refractivity contribution < 1.29 is 22.8 Å². The summed E-state index contributed by atoms with van der Waals surface area (Å²) in [5.41, 5.74) is -1.36. The van der Waals surface area contributed by atoms with Gasteiger partial charge in [0.2, 0.25) is 5.91 Å². The van der Waals surface area contributed by atoms with E-state index < -0.39 is 23.3 Å². The van der Waals surface area contributed by atoms with Crippen LogP contribution >= 0.6 is 11.8 Å². The van der Waals surface area contributed by atoms with Crippen molar-refractivity contribution in [2.75, 3.05) is 11.1 Å². The van der Waals surface area contributed by atoms with Gasteiger partial charge in [-0.15, -0.1) is 0 Å². The number of halogens is 3. The normalized spacial score (nSPS) is 11.2. The van der Waals surface area contributed by atoms with Gasteiger partial charge in [0.05, 0.1) is 5.75 Å². The molecule has 0 unspecified atom stereocenters. The molecule has 0 aliphatic carbocycles. The molecule has 0 fully saturated rings. The zero-order valence-corrected chi connectivity index (χ0v) is 13.6. The molecule has 0 aliphatic rings. The third-order valence-electron chi connectivity index (χ3n) is 2.93. The van der Waals surface area contributed by atoms with Gasteiger partial charge < -0.3 is 10.3 Å². The van der Waals surface area contributed by atoms with E-state index in [1.165, 1.54) is 31.2 Å². The van der Waals surface area contributed by atoms with Crippen LogP contribution in [-0.2, 0) is 11.0 Å².